The van der Waals surface area contributed by atoms with Gasteiger partial charge in [0.05, 0.1) is 11.0 Å². The Bertz CT molecular complexity index is 506. The van der Waals surface area contributed by atoms with Crippen LogP contribution in [0.5, 0.6) is 0 Å². The van der Waals surface area contributed by atoms with Crippen LogP contribution in [0.2, 0.25) is 5.02 Å². The van der Waals surface area contributed by atoms with Crippen molar-refractivity contribution in [2.24, 2.45) is 5.41 Å². The molecule has 0 aliphatic rings. The first-order chi connectivity index (χ1) is 8.63. The average molecular weight is 306 g/mol. The van der Waals surface area contributed by atoms with Crippen molar-refractivity contribution < 1.29 is 13.5 Å². The van der Waals surface area contributed by atoms with Crippen molar-refractivity contribution in [2.75, 3.05) is 6.54 Å². The molecule has 0 saturated carbocycles. The lowest BCUT2D eigenvalue weighted by Gasteiger charge is -2.25. The maximum Gasteiger partial charge on any atom is 0.240 e. The maximum atomic E-state index is 11.9. The van der Waals surface area contributed by atoms with E-state index in [2.05, 4.69) is 4.72 Å². The average Bonchev–Trinajstić information content (AvgIpc) is 2.28. The lowest BCUT2D eigenvalue weighted by molar-refractivity contribution is 0.0571. The highest BCUT2D eigenvalue weighted by Crippen LogP contribution is 2.21. The van der Waals surface area contributed by atoms with E-state index in [0.29, 0.717) is 11.4 Å². The van der Waals surface area contributed by atoms with Crippen molar-refractivity contribution in [2.45, 2.75) is 38.2 Å². The Balaban J connectivity index is 2.60. The van der Waals surface area contributed by atoms with Crippen LogP contribution < -0.4 is 4.72 Å². The second kappa shape index (κ2) is 6.22. The van der Waals surface area contributed by atoms with Crippen molar-refractivity contribution in [1.82, 2.24) is 4.72 Å². The van der Waals surface area contributed by atoms with Crippen LogP contribution in [0.4, 0.5) is 0 Å². The largest absolute Gasteiger partial charge is 0.393 e. The van der Waals surface area contributed by atoms with Crippen molar-refractivity contribution in [3.63, 3.8) is 0 Å². The first-order valence-corrected chi connectivity index (χ1v) is 7.92. The van der Waals surface area contributed by atoms with Crippen molar-refractivity contribution in [1.29, 1.82) is 0 Å². The first-order valence-electron chi connectivity index (χ1n) is 6.06. The van der Waals surface area contributed by atoms with Gasteiger partial charge in [-0.3, -0.25) is 0 Å². The molecule has 2 N–H and O–H groups in total. The van der Waals surface area contributed by atoms with E-state index in [1.807, 2.05) is 20.8 Å². The number of sulfonamides is 1. The smallest absolute Gasteiger partial charge is 0.240 e. The third kappa shape index (κ3) is 5.10. The Hall–Kier alpha value is -0.620. The summed E-state index contributed by atoms with van der Waals surface area (Å²) in [6.45, 7) is 5.92. The predicted molar refractivity (Wildman–Crippen MR) is 76.7 cm³/mol. The molecule has 0 aliphatic carbocycles. The summed E-state index contributed by atoms with van der Waals surface area (Å²) in [6.07, 6.45) is -0.184. The molecule has 108 valence electrons. The molecule has 0 bridgehead atoms. The number of halogens is 1. The van der Waals surface area contributed by atoms with Gasteiger partial charge in [-0.2, -0.15) is 0 Å². The topological polar surface area (TPSA) is 66.4 Å². The second-order valence-corrected chi connectivity index (χ2v) is 7.73. The molecular weight excluding hydrogens is 286 g/mol. The van der Waals surface area contributed by atoms with Gasteiger partial charge in [0.2, 0.25) is 10.0 Å². The highest BCUT2D eigenvalue weighted by Gasteiger charge is 2.22. The van der Waals surface area contributed by atoms with Gasteiger partial charge in [-0.05, 0) is 36.1 Å². The third-order valence-electron chi connectivity index (χ3n) is 2.83. The highest BCUT2D eigenvalue weighted by molar-refractivity contribution is 7.89. The Morgan fingerprint density at radius 3 is 2.26 bits per heavy atom. The van der Waals surface area contributed by atoms with Gasteiger partial charge in [0, 0.05) is 11.6 Å². The Morgan fingerprint density at radius 1 is 1.26 bits per heavy atom. The molecule has 1 aromatic rings. The summed E-state index contributed by atoms with van der Waals surface area (Å²) in [5.74, 6) is 0. The number of hydrogen-bond donors (Lipinski definition) is 2. The van der Waals surface area contributed by atoms with E-state index in [0.717, 1.165) is 0 Å². The quantitative estimate of drug-likeness (QED) is 0.878. The zero-order chi connectivity index (χ0) is 14.7. The fourth-order valence-electron chi connectivity index (χ4n) is 1.46. The zero-order valence-corrected chi connectivity index (χ0v) is 12.9. The molecule has 4 nitrogen and oxygen atoms in total. The Kier molecular flexibility index (Phi) is 5.38. The van der Waals surface area contributed by atoms with Crippen molar-refractivity contribution in [3.05, 3.63) is 29.3 Å². The van der Waals surface area contributed by atoms with Crippen molar-refractivity contribution in [3.8, 4) is 0 Å². The van der Waals surface area contributed by atoms with Crippen LogP contribution >= 0.6 is 11.6 Å². The van der Waals surface area contributed by atoms with E-state index in [-0.39, 0.29) is 16.9 Å². The van der Waals surface area contributed by atoms with Gasteiger partial charge in [0.25, 0.3) is 0 Å². The summed E-state index contributed by atoms with van der Waals surface area (Å²) < 4.78 is 26.3. The van der Waals surface area contributed by atoms with E-state index in [1.165, 1.54) is 24.3 Å². The predicted octanol–water partition coefficient (Wildman–Crippen LogP) is 2.42. The summed E-state index contributed by atoms with van der Waals surface area (Å²) in [4.78, 5) is 0.169. The molecule has 0 saturated heterocycles. The molecule has 1 atom stereocenters. The van der Waals surface area contributed by atoms with Crippen LogP contribution in [-0.2, 0) is 10.0 Å². The zero-order valence-electron chi connectivity index (χ0n) is 11.4. The van der Waals surface area contributed by atoms with Gasteiger partial charge in [-0.1, -0.05) is 32.4 Å². The van der Waals surface area contributed by atoms with Gasteiger partial charge < -0.3 is 5.11 Å². The van der Waals surface area contributed by atoms with Crippen LogP contribution in [0.25, 0.3) is 0 Å². The van der Waals surface area contributed by atoms with E-state index in [1.54, 1.807) is 0 Å². The third-order valence-corrected chi connectivity index (χ3v) is 4.56. The first kappa shape index (κ1) is 16.4. The van der Waals surface area contributed by atoms with Gasteiger partial charge in [0.15, 0.2) is 0 Å². The molecule has 0 fully saturated rings. The summed E-state index contributed by atoms with van der Waals surface area (Å²) in [5.41, 5.74) is -0.258. The van der Waals surface area contributed by atoms with E-state index in [4.69, 9.17) is 11.6 Å². The fraction of sp³-hybridized carbons (Fsp3) is 0.538. The molecule has 0 heterocycles. The van der Waals surface area contributed by atoms with Crippen molar-refractivity contribution >= 4 is 21.6 Å². The minimum Gasteiger partial charge on any atom is -0.393 e. The lowest BCUT2D eigenvalue weighted by Crippen LogP contribution is -2.32. The summed E-state index contributed by atoms with van der Waals surface area (Å²) >= 11 is 5.71. The summed E-state index contributed by atoms with van der Waals surface area (Å²) in [5, 5.41) is 10.3. The Labute approximate surface area is 119 Å². The standard InChI is InChI=1S/C13H20ClNO3S/c1-13(2,3)12(16)8-9-15-19(17,18)11-6-4-10(14)5-7-11/h4-7,12,15-16H,8-9H2,1-3H3. The molecule has 1 rings (SSSR count). The maximum absolute atomic E-state index is 11.9. The summed E-state index contributed by atoms with van der Waals surface area (Å²) in [7, 11) is -3.54. The molecule has 0 aromatic heterocycles. The fourth-order valence-corrected chi connectivity index (χ4v) is 2.63. The monoisotopic (exact) mass is 305 g/mol. The molecule has 6 heteroatoms. The molecular formula is C13H20ClNO3S. The number of aliphatic hydroxyl groups is 1. The number of benzene rings is 1. The molecule has 0 spiro atoms. The van der Waals surface area contributed by atoms with Crippen LogP contribution in [0, 0.1) is 5.41 Å². The number of hydrogen-bond acceptors (Lipinski definition) is 3. The SMILES string of the molecule is CC(C)(C)C(O)CCNS(=O)(=O)c1ccc(Cl)cc1. The number of rotatable bonds is 5. The van der Waals surface area contributed by atoms with E-state index < -0.39 is 16.1 Å². The summed E-state index contributed by atoms with van der Waals surface area (Å²) in [6, 6.07) is 5.95. The number of nitrogens with one attached hydrogen (secondary N) is 1. The molecule has 0 radical (unpaired) electrons. The van der Waals surface area contributed by atoms with Crippen LogP contribution in [0.3, 0.4) is 0 Å². The van der Waals surface area contributed by atoms with Gasteiger partial charge in [-0.25, -0.2) is 13.1 Å². The van der Waals surface area contributed by atoms with Crippen LogP contribution in [0.15, 0.2) is 29.2 Å². The van der Waals surface area contributed by atoms with E-state index in [9.17, 15) is 13.5 Å². The molecule has 1 unspecified atom stereocenters. The Morgan fingerprint density at radius 2 is 1.79 bits per heavy atom. The van der Waals surface area contributed by atoms with Gasteiger partial charge in [-0.15, -0.1) is 0 Å². The molecule has 1 aromatic carbocycles. The highest BCUT2D eigenvalue weighted by atomic mass is 35.5. The lowest BCUT2D eigenvalue weighted by atomic mass is 9.87. The second-order valence-electron chi connectivity index (χ2n) is 5.52. The minimum atomic E-state index is -3.54. The number of aliphatic hydroxyl groups excluding tert-OH is 1. The molecule has 0 amide bonds. The van der Waals surface area contributed by atoms with Crippen LogP contribution in [0.1, 0.15) is 27.2 Å². The van der Waals surface area contributed by atoms with Gasteiger partial charge >= 0.3 is 0 Å². The van der Waals surface area contributed by atoms with E-state index >= 15 is 0 Å². The van der Waals surface area contributed by atoms with Crippen LogP contribution in [-0.4, -0.2) is 26.2 Å². The van der Waals surface area contributed by atoms with Gasteiger partial charge in [0.1, 0.15) is 0 Å². The minimum absolute atomic E-state index is 0.169. The normalized spacial score (nSPS) is 14.4. The molecule has 0 aliphatic heterocycles. The molecule has 19 heavy (non-hydrogen) atoms.